The maximum atomic E-state index is 13.2. The van der Waals surface area contributed by atoms with Crippen molar-refractivity contribution in [3.05, 3.63) is 125 Å². The van der Waals surface area contributed by atoms with Gasteiger partial charge in [-0.3, -0.25) is 14.4 Å². The molecule has 9 nitrogen and oxygen atoms in total. The number of ketones is 2. The predicted molar refractivity (Wildman–Crippen MR) is 194 cm³/mol. The number of carbonyl (C=O) groups is 3. The Bertz CT molecular complexity index is 1720. The molecule has 0 radical (unpaired) electrons. The Balaban J connectivity index is 0.991. The third-order valence-electron chi connectivity index (χ3n) is 8.97. The van der Waals surface area contributed by atoms with Crippen molar-refractivity contribution in [3.63, 3.8) is 0 Å². The molecule has 4 aromatic carbocycles. The largest absolute Gasteiger partial charge is 0.497 e. The van der Waals surface area contributed by atoms with Gasteiger partial charge < -0.3 is 29.4 Å². The van der Waals surface area contributed by atoms with Gasteiger partial charge in [-0.1, -0.05) is 80.6 Å². The van der Waals surface area contributed by atoms with Gasteiger partial charge in [-0.25, -0.2) is 0 Å². The minimum atomic E-state index is -1.25. The summed E-state index contributed by atoms with van der Waals surface area (Å²) in [6.07, 6.45) is -0.0256. The van der Waals surface area contributed by atoms with Crippen LogP contribution in [0.15, 0.2) is 103 Å². The molecule has 4 aromatic rings. The number of benzene rings is 4. The zero-order valence-corrected chi connectivity index (χ0v) is 29.5. The highest BCUT2D eigenvalue weighted by Crippen LogP contribution is 2.38. The maximum Gasteiger partial charge on any atom is 0.249 e. The van der Waals surface area contributed by atoms with E-state index in [2.05, 4.69) is 5.32 Å². The van der Waals surface area contributed by atoms with E-state index in [9.17, 15) is 19.5 Å². The van der Waals surface area contributed by atoms with E-state index in [1.165, 1.54) is 0 Å². The van der Waals surface area contributed by atoms with E-state index in [1.54, 1.807) is 31.4 Å². The van der Waals surface area contributed by atoms with Crippen molar-refractivity contribution in [1.29, 1.82) is 0 Å². The molecule has 1 fully saturated rings. The summed E-state index contributed by atoms with van der Waals surface area (Å²) < 4.78 is 23.1. The summed E-state index contributed by atoms with van der Waals surface area (Å²) in [7, 11) is 1.60. The zero-order valence-electron chi connectivity index (χ0n) is 29.5. The SMILES string of the molecule is COc1ccc(C2OCC(C)(C)[C@H](C(=O)CCCC(O)C(=O)NCc3ccc(C(=O)CCCc4ccc(Oc5ccccc5)cc4)cc3)O2)cc1. The van der Waals surface area contributed by atoms with E-state index >= 15 is 0 Å². The van der Waals surface area contributed by atoms with E-state index in [0.29, 0.717) is 30.8 Å². The highest BCUT2D eigenvalue weighted by atomic mass is 16.7. The normalized spacial score (nSPS) is 17.3. The molecular weight excluding hydrogens is 646 g/mol. The summed E-state index contributed by atoms with van der Waals surface area (Å²) in [6.45, 7) is 4.41. The molecule has 9 heteroatoms. The highest BCUT2D eigenvalue weighted by molar-refractivity contribution is 5.96. The lowest BCUT2D eigenvalue weighted by Gasteiger charge is -2.41. The van der Waals surface area contributed by atoms with E-state index in [4.69, 9.17) is 18.9 Å². The van der Waals surface area contributed by atoms with Gasteiger partial charge in [-0.05, 0) is 73.2 Å². The number of hydrogen-bond acceptors (Lipinski definition) is 8. The van der Waals surface area contributed by atoms with E-state index in [0.717, 1.165) is 41.0 Å². The molecule has 1 heterocycles. The predicted octanol–water partition coefficient (Wildman–Crippen LogP) is 7.55. The van der Waals surface area contributed by atoms with Crippen LogP contribution in [-0.2, 0) is 32.0 Å². The van der Waals surface area contributed by atoms with Crippen LogP contribution in [0.1, 0.15) is 79.3 Å². The molecular formula is C42H47NO8. The first-order chi connectivity index (χ1) is 24.6. The number of aliphatic hydroxyl groups is 1. The summed E-state index contributed by atoms with van der Waals surface area (Å²) >= 11 is 0. The monoisotopic (exact) mass is 693 g/mol. The van der Waals surface area contributed by atoms with E-state index < -0.39 is 29.8 Å². The first-order valence-electron chi connectivity index (χ1n) is 17.4. The fourth-order valence-electron chi connectivity index (χ4n) is 5.95. The molecule has 0 bridgehead atoms. The minimum absolute atomic E-state index is 0.0605. The van der Waals surface area contributed by atoms with Crippen LogP contribution in [0.25, 0.3) is 0 Å². The molecule has 268 valence electrons. The number of para-hydroxylation sites is 1. The Morgan fingerprint density at radius 2 is 1.47 bits per heavy atom. The van der Waals surface area contributed by atoms with Crippen LogP contribution in [0.4, 0.5) is 0 Å². The molecule has 0 aliphatic carbocycles. The summed E-state index contributed by atoms with van der Waals surface area (Å²) in [5, 5.41) is 13.2. The molecule has 2 N–H and O–H groups in total. The number of ether oxygens (including phenoxy) is 4. The molecule has 0 saturated carbocycles. The van der Waals surface area contributed by atoms with Crippen LogP contribution in [0.3, 0.4) is 0 Å². The van der Waals surface area contributed by atoms with Crippen molar-refractivity contribution >= 4 is 17.5 Å². The van der Waals surface area contributed by atoms with Gasteiger partial charge in [0.15, 0.2) is 17.9 Å². The molecule has 1 amide bonds. The Morgan fingerprint density at radius 3 is 2.16 bits per heavy atom. The van der Waals surface area contributed by atoms with Crippen molar-refractivity contribution < 1.29 is 38.4 Å². The van der Waals surface area contributed by atoms with Crippen LogP contribution in [0.2, 0.25) is 0 Å². The number of methoxy groups -OCH3 is 1. The van der Waals surface area contributed by atoms with Crippen LogP contribution in [0.5, 0.6) is 17.2 Å². The van der Waals surface area contributed by atoms with Crippen LogP contribution in [-0.4, -0.2) is 48.5 Å². The van der Waals surface area contributed by atoms with Gasteiger partial charge in [-0.15, -0.1) is 0 Å². The topological polar surface area (TPSA) is 120 Å². The van der Waals surface area contributed by atoms with Gasteiger partial charge in [0, 0.05) is 35.9 Å². The average Bonchev–Trinajstić information content (AvgIpc) is 3.15. The second kappa shape index (κ2) is 17.9. The smallest absolute Gasteiger partial charge is 0.249 e. The van der Waals surface area contributed by atoms with Crippen molar-refractivity contribution in [2.45, 2.75) is 77.4 Å². The van der Waals surface area contributed by atoms with Crippen molar-refractivity contribution in [2.75, 3.05) is 13.7 Å². The first-order valence-corrected chi connectivity index (χ1v) is 17.4. The minimum Gasteiger partial charge on any atom is -0.497 e. The quantitative estimate of drug-likeness (QED) is 0.109. The maximum absolute atomic E-state index is 13.2. The first kappa shape index (κ1) is 37.4. The third-order valence-corrected chi connectivity index (χ3v) is 8.97. The van der Waals surface area contributed by atoms with Gasteiger partial charge in [-0.2, -0.15) is 0 Å². The third kappa shape index (κ3) is 10.8. The lowest BCUT2D eigenvalue weighted by Crippen LogP contribution is -2.47. The van der Waals surface area contributed by atoms with E-state index in [-0.39, 0.29) is 31.0 Å². The van der Waals surface area contributed by atoms with Gasteiger partial charge in [0.25, 0.3) is 0 Å². The molecule has 1 aliphatic heterocycles. The molecule has 51 heavy (non-hydrogen) atoms. The number of carbonyl (C=O) groups excluding carboxylic acids is 3. The Kier molecular flexibility index (Phi) is 13.1. The second-order valence-electron chi connectivity index (χ2n) is 13.5. The van der Waals surface area contributed by atoms with Crippen LogP contribution >= 0.6 is 0 Å². The van der Waals surface area contributed by atoms with E-state index in [1.807, 2.05) is 92.7 Å². The Morgan fingerprint density at radius 1 is 0.824 bits per heavy atom. The summed E-state index contributed by atoms with van der Waals surface area (Å²) in [5.74, 6) is 1.73. The lowest BCUT2D eigenvalue weighted by molar-refractivity contribution is -0.257. The molecule has 0 spiro atoms. The fraction of sp³-hybridized carbons (Fsp3) is 0.357. The molecule has 0 aromatic heterocycles. The molecule has 2 unspecified atom stereocenters. The lowest BCUT2D eigenvalue weighted by atomic mass is 9.82. The number of amides is 1. The standard InChI is InChI=1S/C42H47NO8/c1-42(2)28-49-41(32-21-25-33(48-3)26-22-32)51-39(42)37(45)13-8-14-38(46)40(47)43-27-30-15-19-31(20-16-30)36(44)12-7-9-29-17-23-35(24-18-29)50-34-10-5-4-6-11-34/h4-6,10-11,15-26,38-39,41,46H,7-9,12-14,27-28H2,1-3H3,(H,43,47)/t38?,39-,41?/m0/s1. The van der Waals surface area contributed by atoms with Crippen LogP contribution in [0, 0.1) is 5.41 Å². The number of aliphatic hydroxyl groups excluding tert-OH is 1. The average molecular weight is 694 g/mol. The van der Waals surface area contributed by atoms with Gasteiger partial charge in [0.1, 0.15) is 29.5 Å². The summed E-state index contributed by atoms with van der Waals surface area (Å²) in [5.41, 5.74) is 2.84. The fourth-order valence-corrected chi connectivity index (χ4v) is 5.95. The summed E-state index contributed by atoms with van der Waals surface area (Å²) in [4.78, 5) is 38.6. The number of Topliss-reactive ketones (excluding diaryl/α,β-unsaturated/α-hetero) is 2. The molecule has 1 saturated heterocycles. The molecule has 3 atom stereocenters. The van der Waals surface area contributed by atoms with Crippen molar-refractivity contribution in [2.24, 2.45) is 5.41 Å². The van der Waals surface area contributed by atoms with Gasteiger partial charge >= 0.3 is 0 Å². The number of hydrogen-bond donors (Lipinski definition) is 2. The number of nitrogens with one attached hydrogen (secondary N) is 1. The second-order valence-corrected chi connectivity index (χ2v) is 13.5. The van der Waals surface area contributed by atoms with Crippen LogP contribution < -0.4 is 14.8 Å². The van der Waals surface area contributed by atoms with Crippen molar-refractivity contribution in [1.82, 2.24) is 5.32 Å². The van der Waals surface area contributed by atoms with Crippen molar-refractivity contribution in [3.8, 4) is 17.2 Å². The number of aryl methyl sites for hydroxylation is 1. The Hall–Kier alpha value is -4.83. The van der Waals surface area contributed by atoms with Gasteiger partial charge in [0.05, 0.1) is 13.7 Å². The van der Waals surface area contributed by atoms with Gasteiger partial charge in [0.2, 0.25) is 5.91 Å². The molecule has 5 rings (SSSR count). The highest BCUT2D eigenvalue weighted by Gasteiger charge is 2.42. The number of rotatable bonds is 17. The molecule has 1 aliphatic rings. The Labute approximate surface area is 299 Å². The summed E-state index contributed by atoms with van der Waals surface area (Å²) in [6, 6.07) is 32.0. The zero-order chi connectivity index (χ0) is 36.2.